The summed E-state index contributed by atoms with van der Waals surface area (Å²) < 4.78 is 4.81. The predicted molar refractivity (Wildman–Crippen MR) is 72.0 cm³/mol. The van der Waals surface area contributed by atoms with E-state index in [1.165, 1.54) is 0 Å². The summed E-state index contributed by atoms with van der Waals surface area (Å²) in [6, 6.07) is 0.141. The maximum absolute atomic E-state index is 11.9. The molecule has 6 nitrogen and oxygen atoms in total. The van der Waals surface area contributed by atoms with Gasteiger partial charge in [-0.1, -0.05) is 0 Å². The highest BCUT2D eigenvalue weighted by molar-refractivity contribution is 5.85. The molecule has 2 rings (SSSR count). The van der Waals surface area contributed by atoms with Gasteiger partial charge in [0.15, 0.2) is 0 Å². The molecule has 2 heterocycles. The van der Waals surface area contributed by atoms with Crippen molar-refractivity contribution in [2.24, 2.45) is 5.92 Å². The van der Waals surface area contributed by atoms with Gasteiger partial charge in [-0.2, -0.15) is 0 Å². The van der Waals surface area contributed by atoms with Crippen LogP contribution in [0.2, 0.25) is 0 Å². The lowest BCUT2D eigenvalue weighted by molar-refractivity contribution is -0.144. The van der Waals surface area contributed by atoms with E-state index >= 15 is 0 Å². The van der Waals surface area contributed by atoms with Crippen molar-refractivity contribution in [2.75, 3.05) is 26.2 Å². The van der Waals surface area contributed by atoms with E-state index in [0.717, 1.165) is 19.4 Å². The van der Waals surface area contributed by atoms with Crippen molar-refractivity contribution in [3.63, 3.8) is 0 Å². The number of amides is 1. The number of piperidine rings is 1. The molecular weight excluding hydrogens is 260 g/mol. The van der Waals surface area contributed by atoms with Crippen LogP contribution in [0.1, 0.15) is 32.6 Å². The molecule has 0 aromatic rings. The minimum Gasteiger partial charge on any atom is -0.466 e. The summed E-state index contributed by atoms with van der Waals surface area (Å²) in [6.07, 6.45) is 2.21. The fraction of sp³-hybridized carbons (Fsp3) is 0.786. The zero-order chi connectivity index (χ0) is 14.5. The Kier molecular flexibility index (Phi) is 5.11. The molecule has 0 aromatic heterocycles. The number of nitrogens with zero attached hydrogens (tertiary/aromatic N) is 1. The second-order valence-electron chi connectivity index (χ2n) is 5.38. The zero-order valence-corrected chi connectivity index (χ0v) is 11.9. The Morgan fingerprint density at radius 2 is 2.20 bits per heavy atom. The molecule has 2 fully saturated rings. The lowest BCUT2D eigenvalue weighted by atomic mass is 9.91. The van der Waals surface area contributed by atoms with Gasteiger partial charge in [0.1, 0.15) is 5.78 Å². The van der Waals surface area contributed by atoms with Gasteiger partial charge in [0.25, 0.3) is 0 Å². The molecule has 1 amide bonds. The molecule has 0 bridgehead atoms. The highest BCUT2D eigenvalue weighted by Crippen LogP contribution is 2.27. The lowest BCUT2D eigenvalue weighted by Crippen LogP contribution is -2.47. The summed E-state index contributed by atoms with van der Waals surface area (Å²) in [6.45, 7) is 3.90. The van der Waals surface area contributed by atoms with Crippen LogP contribution in [-0.2, 0) is 19.1 Å². The van der Waals surface area contributed by atoms with Gasteiger partial charge < -0.3 is 10.1 Å². The number of carbonyl (C=O) groups is 3. The first-order valence-electron chi connectivity index (χ1n) is 7.31. The van der Waals surface area contributed by atoms with Gasteiger partial charge in [0.05, 0.1) is 25.5 Å². The summed E-state index contributed by atoms with van der Waals surface area (Å²) in [4.78, 5) is 36.9. The van der Waals surface area contributed by atoms with Crippen LogP contribution in [0.25, 0.3) is 0 Å². The van der Waals surface area contributed by atoms with Gasteiger partial charge in [-0.05, 0) is 26.3 Å². The van der Waals surface area contributed by atoms with Crippen LogP contribution in [0.5, 0.6) is 0 Å². The number of rotatable bonds is 6. The average Bonchev–Trinajstić information content (AvgIpc) is 2.80. The molecule has 6 heteroatoms. The number of Topliss-reactive ketones (excluding diaryl/α,β-unsaturated/α-hetero) is 1. The molecule has 1 N–H and O–H groups in total. The van der Waals surface area contributed by atoms with Gasteiger partial charge in [0, 0.05) is 19.0 Å². The van der Waals surface area contributed by atoms with Crippen molar-refractivity contribution in [3.8, 4) is 0 Å². The van der Waals surface area contributed by atoms with E-state index in [1.54, 1.807) is 6.92 Å². The number of fused-ring (bicyclic) bond motifs is 1. The van der Waals surface area contributed by atoms with Crippen LogP contribution in [0.3, 0.4) is 0 Å². The molecule has 2 saturated heterocycles. The standard InChI is InChI=1S/C14H22N2O4/c1-2-20-13(18)6-5-10(17)9-16-7-3-4-11-12(16)8-15-14(11)19/h11-12H,2-9H2,1H3,(H,15,19). The predicted octanol–water partition coefficient (Wildman–Crippen LogP) is 0.109. The third-order valence-corrected chi connectivity index (χ3v) is 4.01. The number of nitrogens with one attached hydrogen (secondary N) is 1. The Morgan fingerprint density at radius 3 is 2.95 bits per heavy atom. The maximum Gasteiger partial charge on any atom is 0.306 e. The molecule has 2 atom stereocenters. The van der Waals surface area contributed by atoms with Crippen molar-refractivity contribution in [1.82, 2.24) is 10.2 Å². The first-order valence-corrected chi connectivity index (χ1v) is 7.31. The molecule has 0 radical (unpaired) electrons. The van der Waals surface area contributed by atoms with Crippen molar-refractivity contribution >= 4 is 17.7 Å². The maximum atomic E-state index is 11.9. The molecule has 2 aliphatic rings. The van der Waals surface area contributed by atoms with Crippen LogP contribution < -0.4 is 5.32 Å². The van der Waals surface area contributed by atoms with E-state index in [0.29, 0.717) is 19.7 Å². The quantitative estimate of drug-likeness (QED) is 0.700. The fourth-order valence-corrected chi connectivity index (χ4v) is 3.02. The van der Waals surface area contributed by atoms with E-state index in [9.17, 15) is 14.4 Å². The van der Waals surface area contributed by atoms with Crippen LogP contribution in [0.4, 0.5) is 0 Å². The summed E-state index contributed by atoms with van der Waals surface area (Å²) in [7, 11) is 0. The lowest BCUT2D eigenvalue weighted by Gasteiger charge is -2.35. The molecule has 0 aliphatic carbocycles. The molecule has 112 valence electrons. The number of hydrogen-bond donors (Lipinski definition) is 1. The van der Waals surface area contributed by atoms with Crippen LogP contribution in [0, 0.1) is 5.92 Å². The van der Waals surface area contributed by atoms with Crippen molar-refractivity contribution in [2.45, 2.75) is 38.6 Å². The van der Waals surface area contributed by atoms with Gasteiger partial charge in [0.2, 0.25) is 5.91 Å². The Labute approximate surface area is 118 Å². The van der Waals surface area contributed by atoms with Crippen LogP contribution >= 0.6 is 0 Å². The van der Waals surface area contributed by atoms with E-state index < -0.39 is 0 Å². The van der Waals surface area contributed by atoms with Crippen LogP contribution in [0.15, 0.2) is 0 Å². The number of likely N-dealkylation sites (tertiary alicyclic amines) is 1. The third kappa shape index (κ3) is 3.56. The van der Waals surface area contributed by atoms with E-state index in [-0.39, 0.29) is 42.5 Å². The summed E-state index contributed by atoms with van der Waals surface area (Å²) in [5.41, 5.74) is 0. The van der Waals surface area contributed by atoms with E-state index in [2.05, 4.69) is 10.2 Å². The molecule has 0 saturated carbocycles. The number of ether oxygens (including phenoxy) is 1. The molecule has 2 aliphatic heterocycles. The number of carbonyl (C=O) groups excluding carboxylic acids is 3. The Morgan fingerprint density at radius 1 is 1.40 bits per heavy atom. The minimum absolute atomic E-state index is 0.0293. The number of hydrogen-bond acceptors (Lipinski definition) is 5. The Bertz CT molecular complexity index is 397. The van der Waals surface area contributed by atoms with Crippen molar-refractivity contribution in [1.29, 1.82) is 0 Å². The van der Waals surface area contributed by atoms with Crippen molar-refractivity contribution in [3.05, 3.63) is 0 Å². The molecule has 0 spiro atoms. The largest absolute Gasteiger partial charge is 0.466 e. The Hall–Kier alpha value is -1.43. The van der Waals surface area contributed by atoms with Crippen LogP contribution in [-0.4, -0.2) is 54.8 Å². The second-order valence-corrected chi connectivity index (χ2v) is 5.38. The number of ketones is 1. The fourth-order valence-electron chi connectivity index (χ4n) is 3.02. The zero-order valence-electron chi connectivity index (χ0n) is 11.9. The van der Waals surface area contributed by atoms with E-state index in [4.69, 9.17) is 4.74 Å². The second kappa shape index (κ2) is 6.83. The summed E-state index contributed by atoms with van der Waals surface area (Å²) in [5.74, 6) is -0.145. The SMILES string of the molecule is CCOC(=O)CCC(=O)CN1CCCC2C(=O)NCC21. The monoisotopic (exact) mass is 282 g/mol. The topological polar surface area (TPSA) is 75.7 Å². The third-order valence-electron chi connectivity index (χ3n) is 4.01. The summed E-state index contributed by atoms with van der Waals surface area (Å²) >= 11 is 0. The summed E-state index contributed by atoms with van der Waals surface area (Å²) in [5, 5.41) is 2.87. The van der Waals surface area contributed by atoms with Crippen molar-refractivity contribution < 1.29 is 19.1 Å². The molecule has 0 aromatic carbocycles. The molecule has 2 unspecified atom stereocenters. The first kappa shape index (κ1) is 15.0. The molecular formula is C14H22N2O4. The van der Waals surface area contributed by atoms with Gasteiger partial charge in [-0.15, -0.1) is 0 Å². The van der Waals surface area contributed by atoms with E-state index in [1.807, 2.05) is 0 Å². The Balaban J connectivity index is 1.79. The van der Waals surface area contributed by atoms with Gasteiger partial charge in [-0.25, -0.2) is 0 Å². The van der Waals surface area contributed by atoms with Gasteiger partial charge in [-0.3, -0.25) is 19.3 Å². The molecule has 20 heavy (non-hydrogen) atoms. The van der Waals surface area contributed by atoms with Gasteiger partial charge >= 0.3 is 5.97 Å². The number of esters is 1. The average molecular weight is 282 g/mol. The highest BCUT2D eigenvalue weighted by Gasteiger charge is 2.40. The normalized spacial score (nSPS) is 25.9. The smallest absolute Gasteiger partial charge is 0.306 e. The minimum atomic E-state index is -0.324. The first-order chi connectivity index (χ1) is 9.61. The highest BCUT2D eigenvalue weighted by atomic mass is 16.5.